The minimum Gasteiger partial charge on any atom is -0.374 e. The van der Waals surface area contributed by atoms with Gasteiger partial charge in [-0.05, 0) is 91.5 Å². The summed E-state index contributed by atoms with van der Waals surface area (Å²) < 4.78 is 58.2. The van der Waals surface area contributed by atoms with E-state index in [-0.39, 0.29) is 60.5 Å². The zero-order valence-corrected chi connectivity index (χ0v) is 30.9. The molecule has 1 aromatic rings. The van der Waals surface area contributed by atoms with Gasteiger partial charge in [0.05, 0.1) is 47.3 Å². The third-order valence-electron chi connectivity index (χ3n) is 11.3. The van der Waals surface area contributed by atoms with Crippen LogP contribution >= 0.6 is 0 Å². The highest BCUT2D eigenvalue weighted by Crippen LogP contribution is 2.43. The Bertz CT molecular complexity index is 1260. The third-order valence-corrected chi connectivity index (χ3v) is 13.1. The van der Waals surface area contributed by atoms with Crippen molar-refractivity contribution < 1.29 is 32.1 Å². The lowest BCUT2D eigenvalue weighted by Crippen LogP contribution is -2.38. The first-order valence-corrected chi connectivity index (χ1v) is 19.7. The van der Waals surface area contributed by atoms with Crippen LogP contribution in [0.5, 0.6) is 0 Å². The third kappa shape index (κ3) is 10.0. The van der Waals surface area contributed by atoms with E-state index in [1.165, 1.54) is 0 Å². The summed E-state index contributed by atoms with van der Waals surface area (Å²) in [6, 6.07) is 7.38. The van der Waals surface area contributed by atoms with Crippen LogP contribution < -0.4 is 0 Å². The van der Waals surface area contributed by atoms with E-state index in [1.807, 2.05) is 12.1 Å². The van der Waals surface area contributed by atoms with E-state index in [1.54, 1.807) is 26.4 Å². The van der Waals surface area contributed by atoms with Crippen molar-refractivity contribution in [2.45, 2.75) is 147 Å². The zero-order chi connectivity index (χ0) is 34.3. The molecule has 8 heteroatoms. The maximum Gasteiger partial charge on any atom is 0.178 e. The Labute approximate surface area is 285 Å². The second-order valence-corrected chi connectivity index (χ2v) is 16.7. The van der Waals surface area contributed by atoms with Gasteiger partial charge < -0.3 is 23.7 Å². The minimum atomic E-state index is -3.49. The molecule has 1 aromatic carbocycles. The van der Waals surface area contributed by atoms with Crippen molar-refractivity contribution in [3.05, 3.63) is 54.1 Å². The number of benzene rings is 1. The quantitative estimate of drug-likeness (QED) is 0.122. The fraction of sp³-hybridized carbons (Fsp3) is 0.744. The number of hydrogen-bond donors (Lipinski definition) is 0. The fourth-order valence-corrected chi connectivity index (χ4v) is 9.51. The summed E-state index contributed by atoms with van der Waals surface area (Å²) in [6.07, 6.45) is 8.43. The van der Waals surface area contributed by atoms with E-state index in [0.29, 0.717) is 23.2 Å². The fourth-order valence-electron chi connectivity index (χ4n) is 7.74. The molecule has 0 saturated carbocycles. The Morgan fingerprint density at radius 3 is 2.23 bits per heavy atom. The highest BCUT2D eigenvalue weighted by molar-refractivity contribution is 7.91. The maximum atomic E-state index is 13.8. The molecular weight excluding hydrogens is 612 g/mol. The van der Waals surface area contributed by atoms with Gasteiger partial charge in [-0.15, -0.1) is 0 Å². The van der Waals surface area contributed by atoms with Crippen molar-refractivity contribution in [2.75, 3.05) is 20.0 Å². The number of aryl methyl sites for hydroxylation is 1. The Morgan fingerprint density at radius 1 is 0.915 bits per heavy atom. The van der Waals surface area contributed by atoms with Gasteiger partial charge in [0.25, 0.3) is 0 Å². The molecule has 0 bridgehead atoms. The average Bonchev–Trinajstić information content (AvgIpc) is 3.55. The van der Waals surface area contributed by atoms with E-state index < -0.39 is 9.84 Å². The summed E-state index contributed by atoms with van der Waals surface area (Å²) in [7, 11) is -0.159. The molecule has 0 aromatic heterocycles. The molecule has 3 aliphatic heterocycles. The normalized spacial score (nSPS) is 32.4. The van der Waals surface area contributed by atoms with E-state index in [9.17, 15) is 8.42 Å². The Balaban J connectivity index is 1.41. The van der Waals surface area contributed by atoms with Gasteiger partial charge in [0.1, 0.15) is 0 Å². The van der Waals surface area contributed by atoms with E-state index >= 15 is 0 Å². The predicted molar refractivity (Wildman–Crippen MR) is 188 cm³/mol. The number of ether oxygens (including phenoxy) is 5. The van der Waals surface area contributed by atoms with Crippen LogP contribution in [0, 0.1) is 23.7 Å². The monoisotopic (exact) mass is 674 g/mol. The first-order chi connectivity index (χ1) is 22.4. The molecule has 266 valence electrons. The number of methoxy groups -OCH3 is 2. The van der Waals surface area contributed by atoms with Crippen LogP contribution in [0.1, 0.15) is 98.0 Å². The van der Waals surface area contributed by atoms with Crippen molar-refractivity contribution in [1.29, 1.82) is 0 Å². The standard InChI is InChI=1S/C39H62O7S/c1-10-25(3)20-36-29(7)34(24-47(40,41)33-16-12-30(11-2)13-17-33)38(46-36)23-37-28(6)26(4)21-31(45-37)14-18-35-27(5)22-32(44-35)15-19-39(42-8)43-9/h12-13,16-17,25-26,29,31-32,34-39H,5-6,10-11,14-15,18-24H2,1-4,7-9H3/t25-,26+,29-,31+,32+,34-,35+,36-,37-,38+/m1/s1. The van der Waals surface area contributed by atoms with Crippen molar-refractivity contribution in [1.82, 2.24) is 0 Å². The van der Waals surface area contributed by atoms with Gasteiger partial charge in [-0.25, -0.2) is 8.42 Å². The molecule has 0 radical (unpaired) electrons. The molecule has 4 rings (SSSR count). The largest absolute Gasteiger partial charge is 0.374 e. The van der Waals surface area contributed by atoms with Crippen LogP contribution in [0.25, 0.3) is 0 Å². The molecule has 0 amide bonds. The van der Waals surface area contributed by atoms with Gasteiger partial charge in [0.15, 0.2) is 16.1 Å². The topological polar surface area (TPSA) is 80.3 Å². The molecule has 3 aliphatic rings. The van der Waals surface area contributed by atoms with Gasteiger partial charge >= 0.3 is 0 Å². The van der Waals surface area contributed by atoms with Gasteiger partial charge in [-0.2, -0.15) is 0 Å². The molecule has 3 fully saturated rings. The smallest absolute Gasteiger partial charge is 0.178 e. The molecule has 47 heavy (non-hydrogen) atoms. The Hall–Kier alpha value is -1.55. The Kier molecular flexibility index (Phi) is 14.2. The molecule has 10 atom stereocenters. The number of hydrogen-bond acceptors (Lipinski definition) is 7. The molecule has 3 saturated heterocycles. The zero-order valence-electron chi connectivity index (χ0n) is 30.1. The molecule has 0 N–H and O–H groups in total. The molecule has 7 nitrogen and oxygen atoms in total. The van der Waals surface area contributed by atoms with Crippen molar-refractivity contribution in [2.24, 2.45) is 23.7 Å². The SMILES string of the molecule is C=C1C[C@H](CCC(OC)OC)O[C@H]1CC[C@H]1C[C@H](C)C(=C)[C@@H](C[C@@H]2O[C@H](C[C@H](C)CC)[C@H](C)[C@H]2CS(=O)(=O)c2ccc(CC)cc2)O1. The van der Waals surface area contributed by atoms with Crippen LogP contribution in [-0.2, 0) is 39.9 Å². The molecule has 0 unspecified atom stereocenters. The summed E-state index contributed by atoms with van der Waals surface area (Å²) in [6.45, 7) is 19.7. The first kappa shape index (κ1) is 38.3. The summed E-state index contributed by atoms with van der Waals surface area (Å²) in [5, 5.41) is 0. The summed E-state index contributed by atoms with van der Waals surface area (Å²) in [5.41, 5.74) is 3.38. The van der Waals surface area contributed by atoms with Gasteiger partial charge in [-0.3, -0.25) is 0 Å². The molecule has 0 spiro atoms. The lowest BCUT2D eigenvalue weighted by Gasteiger charge is -2.38. The van der Waals surface area contributed by atoms with Crippen LogP contribution in [-0.4, -0.2) is 71.3 Å². The number of rotatable bonds is 17. The van der Waals surface area contributed by atoms with Crippen LogP contribution in [0.3, 0.4) is 0 Å². The van der Waals surface area contributed by atoms with E-state index in [2.05, 4.69) is 47.8 Å². The highest BCUT2D eigenvalue weighted by Gasteiger charge is 2.46. The molecule has 3 heterocycles. The molecular formula is C39H62O7S. The summed E-state index contributed by atoms with van der Waals surface area (Å²) in [4.78, 5) is 0.396. The number of sulfone groups is 1. The summed E-state index contributed by atoms with van der Waals surface area (Å²) >= 11 is 0. The van der Waals surface area contributed by atoms with E-state index in [0.717, 1.165) is 74.5 Å². The maximum absolute atomic E-state index is 13.8. The van der Waals surface area contributed by atoms with Crippen LogP contribution in [0.4, 0.5) is 0 Å². The van der Waals surface area contributed by atoms with Crippen molar-refractivity contribution >= 4 is 9.84 Å². The summed E-state index contributed by atoms with van der Waals surface area (Å²) in [5.74, 6) is 0.921. The highest BCUT2D eigenvalue weighted by atomic mass is 32.2. The average molecular weight is 675 g/mol. The minimum absolute atomic E-state index is 0.0317. The lowest BCUT2D eigenvalue weighted by atomic mass is 9.81. The van der Waals surface area contributed by atoms with Crippen molar-refractivity contribution in [3.63, 3.8) is 0 Å². The lowest BCUT2D eigenvalue weighted by molar-refractivity contribution is -0.112. The van der Waals surface area contributed by atoms with Gasteiger partial charge in [0.2, 0.25) is 0 Å². The van der Waals surface area contributed by atoms with Crippen molar-refractivity contribution in [3.8, 4) is 0 Å². The first-order valence-electron chi connectivity index (χ1n) is 18.1. The van der Waals surface area contributed by atoms with E-state index in [4.69, 9.17) is 23.7 Å². The predicted octanol–water partition coefficient (Wildman–Crippen LogP) is 8.11. The van der Waals surface area contributed by atoms with Crippen LogP contribution in [0.15, 0.2) is 53.5 Å². The molecule has 0 aliphatic carbocycles. The second kappa shape index (κ2) is 17.4. The Morgan fingerprint density at radius 2 is 1.60 bits per heavy atom. The van der Waals surface area contributed by atoms with Crippen LogP contribution in [0.2, 0.25) is 0 Å². The second-order valence-electron chi connectivity index (χ2n) is 14.6. The van der Waals surface area contributed by atoms with Gasteiger partial charge in [0, 0.05) is 33.0 Å². The van der Waals surface area contributed by atoms with Gasteiger partial charge in [-0.1, -0.05) is 66.3 Å².